The minimum Gasteiger partial charge on any atom is -0.367 e. The maximum absolute atomic E-state index is 13.1. The molecule has 3 rings (SSSR count). The van der Waals surface area contributed by atoms with E-state index in [4.69, 9.17) is 0 Å². The maximum Gasteiger partial charge on any atom is 0.125 e. The van der Waals surface area contributed by atoms with Crippen LogP contribution in [0, 0.1) is 11.7 Å². The highest BCUT2D eigenvalue weighted by Gasteiger charge is 2.37. The van der Waals surface area contributed by atoms with Gasteiger partial charge >= 0.3 is 0 Å². The Bertz CT molecular complexity index is 375. The quantitative estimate of drug-likeness (QED) is 0.849. The highest BCUT2D eigenvalue weighted by molar-refractivity contribution is 5.85. The van der Waals surface area contributed by atoms with Crippen molar-refractivity contribution in [1.82, 2.24) is 5.32 Å². The first kappa shape index (κ1) is 14.6. The minimum atomic E-state index is -0.137. The van der Waals surface area contributed by atoms with Gasteiger partial charge < -0.3 is 10.2 Å². The molecule has 2 nitrogen and oxygen atoms in total. The molecule has 2 heterocycles. The summed E-state index contributed by atoms with van der Waals surface area (Å²) >= 11 is 0. The second-order valence-electron chi connectivity index (χ2n) is 4.45. The zero-order chi connectivity index (χ0) is 10.3. The van der Waals surface area contributed by atoms with Crippen LogP contribution in [0.5, 0.6) is 0 Å². The molecule has 0 aromatic heterocycles. The van der Waals surface area contributed by atoms with E-state index in [1.807, 2.05) is 6.07 Å². The molecule has 1 N–H and O–H groups in total. The molecule has 0 aliphatic carbocycles. The standard InChI is InChI=1S/C12H15FN2.2ClH/c13-10-2-1-3-11(6-10)15-5-4-9-7-14-8-12(9)15;;/h1-3,6,9,12,14H,4-5,7-8H2;2*1H/t9-,12+;;/m0../s1. The summed E-state index contributed by atoms with van der Waals surface area (Å²) < 4.78 is 13.1. The SMILES string of the molecule is Cl.Cl.Fc1cccc(N2CC[C@H]3CNC[C@H]32)c1. The normalized spacial score (nSPS) is 26.1. The zero-order valence-electron chi connectivity index (χ0n) is 9.43. The van der Waals surface area contributed by atoms with Crippen LogP contribution in [0.2, 0.25) is 0 Å². The van der Waals surface area contributed by atoms with Gasteiger partial charge in [-0.3, -0.25) is 0 Å². The Morgan fingerprint density at radius 2 is 2.06 bits per heavy atom. The van der Waals surface area contributed by atoms with E-state index < -0.39 is 0 Å². The minimum absolute atomic E-state index is 0. The summed E-state index contributed by atoms with van der Waals surface area (Å²) in [5.74, 6) is 0.621. The van der Waals surface area contributed by atoms with E-state index in [0.717, 1.165) is 31.2 Å². The zero-order valence-corrected chi connectivity index (χ0v) is 11.1. The van der Waals surface area contributed by atoms with Gasteiger partial charge in [0, 0.05) is 31.4 Å². The molecule has 1 aromatic carbocycles. The van der Waals surface area contributed by atoms with Crippen LogP contribution >= 0.6 is 24.8 Å². The molecule has 2 aliphatic rings. The highest BCUT2D eigenvalue weighted by atomic mass is 35.5. The Morgan fingerprint density at radius 1 is 1.24 bits per heavy atom. The summed E-state index contributed by atoms with van der Waals surface area (Å²) in [6, 6.07) is 7.52. The van der Waals surface area contributed by atoms with Crippen molar-refractivity contribution in [3.05, 3.63) is 30.1 Å². The third-order valence-electron chi connectivity index (χ3n) is 3.59. The first-order chi connectivity index (χ1) is 7.34. The van der Waals surface area contributed by atoms with Crippen molar-refractivity contribution >= 4 is 30.5 Å². The van der Waals surface area contributed by atoms with E-state index in [1.165, 1.54) is 12.5 Å². The molecule has 0 saturated carbocycles. The number of hydrogen-bond donors (Lipinski definition) is 1. The van der Waals surface area contributed by atoms with Gasteiger partial charge in [-0.15, -0.1) is 24.8 Å². The molecule has 1 aromatic rings. The van der Waals surface area contributed by atoms with Crippen LogP contribution in [-0.2, 0) is 0 Å². The van der Waals surface area contributed by atoms with Gasteiger partial charge in [-0.1, -0.05) is 6.07 Å². The summed E-state index contributed by atoms with van der Waals surface area (Å²) in [6.45, 7) is 3.23. The van der Waals surface area contributed by atoms with E-state index in [9.17, 15) is 4.39 Å². The van der Waals surface area contributed by atoms with Crippen molar-refractivity contribution in [1.29, 1.82) is 0 Å². The highest BCUT2D eigenvalue weighted by Crippen LogP contribution is 2.31. The van der Waals surface area contributed by atoms with Crippen LogP contribution in [0.3, 0.4) is 0 Å². The van der Waals surface area contributed by atoms with Crippen LogP contribution in [-0.4, -0.2) is 25.7 Å². The van der Waals surface area contributed by atoms with E-state index >= 15 is 0 Å². The third kappa shape index (κ3) is 2.67. The molecular weight excluding hydrogens is 262 g/mol. The molecule has 2 atom stereocenters. The Morgan fingerprint density at radius 3 is 2.82 bits per heavy atom. The third-order valence-corrected chi connectivity index (χ3v) is 3.59. The van der Waals surface area contributed by atoms with Crippen molar-refractivity contribution in [2.75, 3.05) is 24.5 Å². The lowest BCUT2D eigenvalue weighted by molar-refractivity contribution is 0.577. The van der Waals surface area contributed by atoms with Gasteiger partial charge in [0.2, 0.25) is 0 Å². The first-order valence-electron chi connectivity index (χ1n) is 5.57. The number of benzene rings is 1. The Balaban J connectivity index is 0.000000722. The molecule has 0 radical (unpaired) electrons. The van der Waals surface area contributed by atoms with Gasteiger partial charge in [0.05, 0.1) is 0 Å². The molecule has 96 valence electrons. The van der Waals surface area contributed by atoms with Crippen LogP contribution in [0.1, 0.15) is 6.42 Å². The van der Waals surface area contributed by atoms with Crippen molar-refractivity contribution in [3.63, 3.8) is 0 Å². The Hall–Kier alpha value is -0.510. The number of anilines is 1. The fourth-order valence-corrected chi connectivity index (χ4v) is 2.82. The van der Waals surface area contributed by atoms with Crippen molar-refractivity contribution in [2.24, 2.45) is 5.92 Å². The summed E-state index contributed by atoms with van der Waals surface area (Å²) in [7, 11) is 0. The van der Waals surface area contributed by atoms with Gasteiger partial charge in [-0.2, -0.15) is 0 Å². The second-order valence-corrected chi connectivity index (χ2v) is 4.45. The Kier molecular flexibility index (Phi) is 5.04. The van der Waals surface area contributed by atoms with E-state index in [0.29, 0.717) is 6.04 Å². The van der Waals surface area contributed by atoms with E-state index in [-0.39, 0.29) is 30.6 Å². The molecule has 0 unspecified atom stereocenters. The van der Waals surface area contributed by atoms with Crippen molar-refractivity contribution < 1.29 is 4.39 Å². The molecule has 2 aliphatic heterocycles. The number of hydrogen-bond acceptors (Lipinski definition) is 2. The average Bonchev–Trinajstić information content (AvgIpc) is 2.77. The summed E-state index contributed by atoms with van der Waals surface area (Å²) in [4.78, 5) is 2.34. The maximum atomic E-state index is 13.1. The number of nitrogens with zero attached hydrogens (tertiary/aromatic N) is 1. The molecular formula is C12H17Cl2FN2. The number of rotatable bonds is 1. The van der Waals surface area contributed by atoms with Gasteiger partial charge in [0.1, 0.15) is 5.82 Å². The number of halogens is 3. The predicted molar refractivity (Wildman–Crippen MR) is 73.0 cm³/mol. The van der Waals surface area contributed by atoms with Crippen molar-refractivity contribution in [3.8, 4) is 0 Å². The predicted octanol–water partition coefficient (Wildman–Crippen LogP) is 2.47. The van der Waals surface area contributed by atoms with Crippen LogP contribution in [0.15, 0.2) is 24.3 Å². The molecule has 0 spiro atoms. The number of nitrogens with one attached hydrogen (secondary N) is 1. The summed E-state index contributed by atoms with van der Waals surface area (Å²) in [5, 5.41) is 3.40. The monoisotopic (exact) mass is 278 g/mol. The summed E-state index contributed by atoms with van der Waals surface area (Å²) in [6.07, 6.45) is 1.23. The van der Waals surface area contributed by atoms with Crippen LogP contribution in [0.4, 0.5) is 10.1 Å². The Labute approximate surface area is 113 Å². The molecule has 0 amide bonds. The van der Waals surface area contributed by atoms with Crippen LogP contribution < -0.4 is 10.2 Å². The summed E-state index contributed by atoms with van der Waals surface area (Å²) in [5.41, 5.74) is 1.03. The lowest BCUT2D eigenvalue weighted by Gasteiger charge is -2.25. The molecule has 2 fully saturated rings. The lowest BCUT2D eigenvalue weighted by atomic mass is 10.1. The molecule has 5 heteroatoms. The van der Waals surface area contributed by atoms with Gasteiger partial charge in [0.15, 0.2) is 0 Å². The fourth-order valence-electron chi connectivity index (χ4n) is 2.82. The van der Waals surface area contributed by atoms with Gasteiger partial charge in [-0.25, -0.2) is 4.39 Å². The van der Waals surface area contributed by atoms with Crippen molar-refractivity contribution in [2.45, 2.75) is 12.5 Å². The topological polar surface area (TPSA) is 15.3 Å². The lowest BCUT2D eigenvalue weighted by Crippen LogP contribution is -2.34. The fraction of sp³-hybridized carbons (Fsp3) is 0.500. The van der Waals surface area contributed by atoms with Crippen LogP contribution in [0.25, 0.3) is 0 Å². The molecule has 2 saturated heterocycles. The number of fused-ring (bicyclic) bond motifs is 1. The first-order valence-corrected chi connectivity index (χ1v) is 5.57. The smallest absolute Gasteiger partial charge is 0.125 e. The molecule has 17 heavy (non-hydrogen) atoms. The largest absolute Gasteiger partial charge is 0.367 e. The van der Waals surface area contributed by atoms with E-state index in [1.54, 1.807) is 12.1 Å². The van der Waals surface area contributed by atoms with Gasteiger partial charge in [0.25, 0.3) is 0 Å². The average molecular weight is 279 g/mol. The second kappa shape index (κ2) is 5.89. The van der Waals surface area contributed by atoms with E-state index in [2.05, 4.69) is 10.2 Å². The molecule has 0 bridgehead atoms. The van der Waals surface area contributed by atoms with Gasteiger partial charge in [-0.05, 0) is 30.5 Å².